The summed E-state index contributed by atoms with van der Waals surface area (Å²) < 4.78 is 0. The first-order valence-electron chi connectivity index (χ1n) is 10.9. The fraction of sp³-hybridized carbons (Fsp3) is 0.583. The van der Waals surface area contributed by atoms with Gasteiger partial charge in [0.2, 0.25) is 0 Å². The normalized spacial score (nSPS) is 30.8. The van der Waals surface area contributed by atoms with Crippen molar-refractivity contribution in [1.82, 2.24) is 5.32 Å². The molecule has 28 heavy (non-hydrogen) atoms. The van der Waals surface area contributed by atoms with Gasteiger partial charge in [0.15, 0.2) is 0 Å². The van der Waals surface area contributed by atoms with Crippen molar-refractivity contribution in [1.29, 1.82) is 5.26 Å². The van der Waals surface area contributed by atoms with Crippen molar-refractivity contribution in [2.45, 2.75) is 70.8 Å². The van der Waals surface area contributed by atoms with Gasteiger partial charge in [0.05, 0.1) is 0 Å². The van der Waals surface area contributed by atoms with E-state index in [9.17, 15) is 10.1 Å². The second-order valence-electron chi connectivity index (χ2n) is 9.12. The molecule has 4 nitrogen and oxygen atoms in total. The van der Waals surface area contributed by atoms with Gasteiger partial charge in [-0.3, -0.25) is 4.79 Å². The van der Waals surface area contributed by atoms with E-state index in [1.54, 1.807) is 6.20 Å². The number of nitrogens with one attached hydrogen (secondary N) is 2. The number of aryl methyl sites for hydroxylation is 2. The molecule has 0 atom stereocenters. The van der Waals surface area contributed by atoms with E-state index < -0.39 is 0 Å². The Balaban J connectivity index is 1.50. The number of anilines is 1. The monoisotopic (exact) mass is 377 g/mol. The minimum atomic E-state index is -0.310. The van der Waals surface area contributed by atoms with E-state index in [4.69, 9.17) is 0 Å². The van der Waals surface area contributed by atoms with Crippen LogP contribution >= 0.6 is 0 Å². The van der Waals surface area contributed by atoms with E-state index in [1.165, 1.54) is 38.5 Å². The summed E-state index contributed by atoms with van der Waals surface area (Å²) in [6, 6.07) is 8.23. The molecule has 0 radical (unpaired) electrons. The number of rotatable bonds is 6. The van der Waals surface area contributed by atoms with E-state index in [2.05, 4.69) is 30.6 Å². The van der Waals surface area contributed by atoms with Gasteiger partial charge >= 0.3 is 0 Å². The van der Waals surface area contributed by atoms with E-state index in [0.29, 0.717) is 0 Å². The maximum absolute atomic E-state index is 12.9. The summed E-state index contributed by atoms with van der Waals surface area (Å²) in [5.74, 6) is 2.18. The minimum absolute atomic E-state index is 0.104. The number of nitrogens with zero attached hydrogens (tertiary/aromatic N) is 1. The van der Waals surface area contributed by atoms with Gasteiger partial charge in [0, 0.05) is 17.4 Å². The summed E-state index contributed by atoms with van der Waals surface area (Å²) in [6.07, 6.45) is 11.1. The Morgan fingerprint density at radius 1 is 1.11 bits per heavy atom. The summed E-state index contributed by atoms with van der Waals surface area (Å²) >= 11 is 0. The Hall–Kier alpha value is -2.28. The number of hydrogen-bond acceptors (Lipinski definition) is 3. The van der Waals surface area contributed by atoms with Crippen molar-refractivity contribution in [3.63, 3.8) is 0 Å². The van der Waals surface area contributed by atoms with Gasteiger partial charge in [-0.1, -0.05) is 32.0 Å². The first-order valence-corrected chi connectivity index (χ1v) is 10.9. The fourth-order valence-corrected chi connectivity index (χ4v) is 6.25. The molecule has 0 unspecified atom stereocenters. The molecule has 2 N–H and O–H groups in total. The van der Waals surface area contributed by atoms with Crippen molar-refractivity contribution in [3.05, 3.63) is 41.1 Å². The molecule has 0 spiro atoms. The maximum Gasteiger partial charge on any atom is 0.267 e. The number of nitriles is 1. The molecule has 148 valence electrons. The van der Waals surface area contributed by atoms with Crippen molar-refractivity contribution < 1.29 is 4.79 Å². The molecule has 5 rings (SSSR count). The number of benzene rings is 1. The van der Waals surface area contributed by atoms with Crippen LogP contribution in [-0.4, -0.2) is 11.4 Å². The molecule has 0 heterocycles. The quantitative estimate of drug-likeness (QED) is 0.557. The minimum Gasteiger partial charge on any atom is -0.384 e. The maximum atomic E-state index is 12.9. The third kappa shape index (κ3) is 3.55. The van der Waals surface area contributed by atoms with Crippen LogP contribution in [0.4, 0.5) is 5.69 Å². The first-order chi connectivity index (χ1) is 13.6. The Kier molecular flexibility index (Phi) is 5.19. The third-order valence-electron chi connectivity index (χ3n) is 7.16. The van der Waals surface area contributed by atoms with Crippen LogP contribution in [0.3, 0.4) is 0 Å². The van der Waals surface area contributed by atoms with Crippen molar-refractivity contribution in [3.8, 4) is 6.07 Å². The summed E-state index contributed by atoms with van der Waals surface area (Å²) in [4.78, 5) is 12.9. The molecule has 1 amide bonds. The van der Waals surface area contributed by atoms with Gasteiger partial charge in [-0.05, 0) is 80.2 Å². The van der Waals surface area contributed by atoms with Gasteiger partial charge in [-0.25, -0.2) is 0 Å². The fourth-order valence-electron chi connectivity index (χ4n) is 6.25. The van der Waals surface area contributed by atoms with Gasteiger partial charge in [0.1, 0.15) is 11.6 Å². The standard InChI is InChI=1S/C24H31N3O/c1-3-19-6-5-7-20(4-2)22(19)27-23(28)21(14-25)15-26-24-11-16-8-17(12-24)10-18(9-16)13-24/h5-7,15-18,26H,3-4,8-13H2,1-2H3,(H,27,28)/b21-15-. The zero-order valence-electron chi connectivity index (χ0n) is 17.1. The topological polar surface area (TPSA) is 64.9 Å². The molecule has 4 heteroatoms. The number of amides is 1. The Bertz CT molecular complexity index is 775. The van der Waals surface area contributed by atoms with Crippen molar-refractivity contribution in [2.24, 2.45) is 17.8 Å². The van der Waals surface area contributed by atoms with Crippen LogP contribution < -0.4 is 10.6 Å². The first kappa shape index (κ1) is 19.1. The number of carbonyl (C=O) groups is 1. The van der Waals surface area contributed by atoms with Crippen LogP contribution in [0.1, 0.15) is 63.5 Å². The molecule has 4 saturated carbocycles. The van der Waals surface area contributed by atoms with E-state index in [-0.39, 0.29) is 17.0 Å². The molecule has 0 aliphatic heterocycles. The highest BCUT2D eigenvalue weighted by atomic mass is 16.1. The predicted octanol–water partition coefficient (Wildman–Crippen LogP) is 4.72. The van der Waals surface area contributed by atoms with E-state index in [1.807, 2.05) is 18.2 Å². The summed E-state index contributed by atoms with van der Waals surface area (Å²) in [6.45, 7) is 4.17. The van der Waals surface area contributed by atoms with Crippen LogP contribution in [0.25, 0.3) is 0 Å². The van der Waals surface area contributed by atoms with Gasteiger partial charge in [-0.2, -0.15) is 5.26 Å². The molecule has 4 bridgehead atoms. The van der Waals surface area contributed by atoms with Crippen LogP contribution in [0, 0.1) is 29.1 Å². The predicted molar refractivity (Wildman–Crippen MR) is 112 cm³/mol. The van der Waals surface area contributed by atoms with Gasteiger partial charge in [-0.15, -0.1) is 0 Å². The van der Waals surface area contributed by atoms with E-state index in [0.717, 1.165) is 47.4 Å². The highest BCUT2D eigenvalue weighted by molar-refractivity contribution is 6.07. The average molecular weight is 378 g/mol. The lowest BCUT2D eigenvalue weighted by Crippen LogP contribution is -2.57. The SMILES string of the molecule is CCc1cccc(CC)c1NC(=O)/C(C#N)=C\NC12CC3CC(CC(C3)C1)C2. The number of hydrogen-bond donors (Lipinski definition) is 2. The summed E-state index contributed by atoms with van der Waals surface area (Å²) in [7, 11) is 0. The molecule has 4 aliphatic rings. The molecule has 1 aromatic carbocycles. The molecular weight excluding hydrogens is 346 g/mol. The lowest BCUT2D eigenvalue weighted by Gasteiger charge is -2.56. The highest BCUT2D eigenvalue weighted by Gasteiger charge is 2.50. The molecular formula is C24H31N3O. The molecule has 4 fully saturated rings. The highest BCUT2D eigenvalue weighted by Crippen LogP contribution is 2.55. The zero-order chi connectivity index (χ0) is 19.7. The number of carbonyl (C=O) groups excluding carboxylic acids is 1. The smallest absolute Gasteiger partial charge is 0.267 e. The molecule has 0 saturated heterocycles. The van der Waals surface area contributed by atoms with Gasteiger partial charge in [0.25, 0.3) is 5.91 Å². The largest absolute Gasteiger partial charge is 0.384 e. The van der Waals surface area contributed by atoms with Crippen molar-refractivity contribution >= 4 is 11.6 Å². The average Bonchev–Trinajstić information content (AvgIpc) is 2.67. The second kappa shape index (κ2) is 7.62. The second-order valence-corrected chi connectivity index (χ2v) is 9.12. The lowest BCUT2D eigenvalue weighted by molar-refractivity contribution is -0.112. The Morgan fingerprint density at radius 3 is 2.11 bits per heavy atom. The molecule has 0 aromatic heterocycles. The number of para-hydroxylation sites is 1. The zero-order valence-corrected chi connectivity index (χ0v) is 17.1. The Morgan fingerprint density at radius 2 is 1.64 bits per heavy atom. The third-order valence-corrected chi connectivity index (χ3v) is 7.16. The summed E-state index contributed by atoms with van der Waals surface area (Å²) in [5, 5.41) is 16.2. The van der Waals surface area contributed by atoms with E-state index >= 15 is 0 Å². The van der Waals surface area contributed by atoms with Crippen LogP contribution in [-0.2, 0) is 17.6 Å². The molecule has 1 aromatic rings. The van der Waals surface area contributed by atoms with Gasteiger partial charge < -0.3 is 10.6 Å². The van der Waals surface area contributed by atoms with Crippen LogP contribution in [0.5, 0.6) is 0 Å². The van der Waals surface area contributed by atoms with Crippen LogP contribution in [0.15, 0.2) is 30.0 Å². The summed E-state index contributed by atoms with van der Waals surface area (Å²) in [5.41, 5.74) is 3.36. The Labute approximate surface area is 168 Å². The molecule has 4 aliphatic carbocycles. The lowest BCUT2D eigenvalue weighted by atomic mass is 9.53. The van der Waals surface area contributed by atoms with Crippen molar-refractivity contribution in [2.75, 3.05) is 5.32 Å². The van der Waals surface area contributed by atoms with Crippen LogP contribution in [0.2, 0.25) is 0 Å².